The van der Waals surface area contributed by atoms with Gasteiger partial charge < -0.3 is 0 Å². The Hall–Kier alpha value is 0.360. The molecule has 0 spiro atoms. The van der Waals surface area contributed by atoms with Gasteiger partial charge in [0, 0.05) is 17.5 Å². The lowest BCUT2D eigenvalue weighted by Crippen LogP contribution is -2.64. The van der Waals surface area contributed by atoms with Crippen LogP contribution in [0.1, 0.15) is 34.1 Å². The molecule has 0 aliphatic carbocycles. The molecule has 1 heterocycles. The fourth-order valence-corrected chi connectivity index (χ4v) is 2.62. The fourth-order valence-electron chi connectivity index (χ4n) is 1.98. The first-order valence-electron chi connectivity index (χ1n) is 4.60. The second kappa shape index (κ2) is 3.19. The van der Waals surface area contributed by atoms with Crippen molar-refractivity contribution in [3.8, 4) is 0 Å². The Morgan fingerprint density at radius 1 is 1.38 bits per heavy atom. The lowest BCUT2D eigenvalue weighted by atomic mass is 9.80. The van der Waals surface area contributed by atoms with Gasteiger partial charge >= 0.3 is 0 Å². The minimum Gasteiger partial charge on any atom is -0.298 e. The number of carbonyl (C=O) groups is 1. The van der Waals surface area contributed by atoms with Crippen molar-refractivity contribution < 1.29 is 4.79 Å². The van der Waals surface area contributed by atoms with Gasteiger partial charge in [0.1, 0.15) is 5.78 Å². The van der Waals surface area contributed by atoms with Crippen LogP contribution >= 0.6 is 22.6 Å². The van der Waals surface area contributed by atoms with Crippen molar-refractivity contribution in [3.63, 3.8) is 0 Å². The van der Waals surface area contributed by atoms with E-state index in [-0.39, 0.29) is 15.0 Å². The van der Waals surface area contributed by atoms with Crippen LogP contribution in [0.15, 0.2) is 0 Å². The number of rotatable bonds is 0. The highest BCUT2D eigenvalue weighted by atomic mass is 127. The van der Waals surface area contributed by atoms with Gasteiger partial charge in [-0.3, -0.25) is 9.69 Å². The predicted octanol–water partition coefficient (Wildman–Crippen LogP) is 2.25. The first-order chi connectivity index (χ1) is 5.69. The van der Waals surface area contributed by atoms with Crippen molar-refractivity contribution in [1.29, 1.82) is 0 Å². The van der Waals surface area contributed by atoms with Gasteiger partial charge in [-0.2, -0.15) is 0 Å². The Morgan fingerprint density at radius 2 is 1.85 bits per heavy atom. The zero-order valence-electron chi connectivity index (χ0n) is 9.02. The Kier molecular flexibility index (Phi) is 2.81. The summed E-state index contributed by atoms with van der Waals surface area (Å²) in [7, 11) is 2.11. The highest BCUT2D eigenvalue weighted by molar-refractivity contribution is 14.1. The van der Waals surface area contributed by atoms with Crippen LogP contribution in [-0.4, -0.2) is 32.7 Å². The van der Waals surface area contributed by atoms with Crippen LogP contribution in [0.4, 0.5) is 0 Å². The summed E-state index contributed by atoms with van der Waals surface area (Å²) < 4.78 is 0.114. The molecule has 0 radical (unpaired) electrons. The van der Waals surface area contributed by atoms with Crippen LogP contribution in [0.5, 0.6) is 0 Å². The second-order valence-electron chi connectivity index (χ2n) is 5.03. The first-order valence-corrected chi connectivity index (χ1v) is 5.85. The summed E-state index contributed by atoms with van der Waals surface area (Å²) in [6.45, 7) is 8.55. The first kappa shape index (κ1) is 11.4. The summed E-state index contributed by atoms with van der Waals surface area (Å²) >= 11 is 2.27. The predicted molar refractivity (Wildman–Crippen MR) is 63.4 cm³/mol. The van der Waals surface area contributed by atoms with E-state index in [1.807, 2.05) is 0 Å². The summed E-state index contributed by atoms with van der Waals surface area (Å²) in [5.41, 5.74) is -0.0261. The molecule has 1 rings (SSSR count). The van der Waals surface area contributed by atoms with E-state index in [1.54, 1.807) is 0 Å². The molecule has 0 saturated carbocycles. The third-order valence-corrected chi connectivity index (χ3v) is 5.50. The van der Waals surface area contributed by atoms with Crippen LogP contribution in [0.25, 0.3) is 0 Å². The maximum atomic E-state index is 11.7. The van der Waals surface area contributed by atoms with E-state index in [1.165, 1.54) is 0 Å². The van der Waals surface area contributed by atoms with E-state index in [0.717, 1.165) is 0 Å². The van der Waals surface area contributed by atoms with E-state index < -0.39 is 0 Å². The zero-order chi connectivity index (χ0) is 10.4. The van der Waals surface area contributed by atoms with E-state index in [0.29, 0.717) is 12.2 Å². The van der Waals surface area contributed by atoms with Crippen molar-refractivity contribution in [1.82, 2.24) is 4.90 Å². The molecule has 1 atom stereocenters. The Bertz CT molecular complexity index is 235. The van der Waals surface area contributed by atoms with Crippen molar-refractivity contribution in [2.75, 3.05) is 7.05 Å². The number of Topliss-reactive ketones (excluding diaryl/α,β-unsaturated/α-hetero) is 1. The molecule has 0 aromatic carbocycles. The molecule has 0 bridgehead atoms. The number of halogens is 1. The van der Waals surface area contributed by atoms with Gasteiger partial charge in [0.2, 0.25) is 0 Å². The number of likely N-dealkylation sites (tertiary alicyclic amines) is 1. The van der Waals surface area contributed by atoms with Crippen LogP contribution < -0.4 is 0 Å². The van der Waals surface area contributed by atoms with Gasteiger partial charge in [0.25, 0.3) is 0 Å². The number of piperidine rings is 1. The van der Waals surface area contributed by atoms with Gasteiger partial charge in [0.15, 0.2) is 0 Å². The standard InChI is InChI=1S/C10H18INO/c1-9(2)6-7(13)8(11)10(3,4)12(9)5/h8H,6H2,1-5H3. The largest absolute Gasteiger partial charge is 0.298 e. The SMILES string of the molecule is CN1C(C)(C)CC(=O)C(I)C1(C)C. The van der Waals surface area contributed by atoms with Crippen molar-refractivity contribution in [3.05, 3.63) is 0 Å². The molecule has 0 aromatic rings. The average molecular weight is 295 g/mol. The molecule has 1 aliphatic heterocycles. The van der Waals surface area contributed by atoms with Crippen LogP contribution in [0.3, 0.4) is 0 Å². The molecule has 2 nitrogen and oxygen atoms in total. The van der Waals surface area contributed by atoms with Gasteiger partial charge in [-0.05, 0) is 34.7 Å². The number of carbonyl (C=O) groups excluding carboxylic acids is 1. The maximum Gasteiger partial charge on any atom is 0.149 e. The quantitative estimate of drug-likeness (QED) is 0.504. The van der Waals surface area contributed by atoms with Gasteiger partial charge in [-0.15, -0.1) is 0 Å². The molecule has 1 fully saturated rings. The summed E-state index contributed by atoms with van der Waals surface area (Å²) in [5, 5.41) is 0. The average Bonchev–Trinajstić information content (AvgIpc) is 1.98. The van der Waals surface area contributed by atoms with Gasteiger partial charge in [0.05, 0.1) is 3.92 Å². The lowest BCUT2D eigenvalue weighted by Gasteiger charge is -2.52. The maximum absolute atomic E-state index is 11.7. The number of alkyl halides is 1. The summed E-state index contributed by atoms with van der Waals surface area (Å²) in [6, 6.07) is 0. The molecule has 0 aromatic heterocycles. The van der Waals surface area contributed by atoms with Gasteiger partial charge in [-0.25, -0.2) is 0 Å². The molecule has 0 N–H and O–H groups in total. The Morgan fingerprint density at radius 3 is 2.31 bits per heavy atom. The topological polar surface area (TPSA) is 20.3 Å². The molecular formula is C10H18INO. The van der Waals surface area contributed by atoms with E-state index >= 15 is 0 Å². The fraction of sp³-hybridized carbons (Fsp3) is 0.900. The normalized spacial score (nSPS) is 33.4. The molecular weight excluding hydrogens is 277 g/mol. The number of hydrogen-bond acceptors (Lipinski definition) is 2. The van der Waals surface area contributed by atoms with Crippen molar-refractivity contribution >= 4 is 28.4 Å². The van der Waals surface area contributed by atoms with Crippen molar-refractivity contribution in [2.24, 2.45) is 0 Å². The number of nitrogens with zero attached hydrogens (tertiary/aromatic N) is 1. The molecule has 1 saturated heterocycles. The number of hydrogen-bond donors (Lipinski definition) is 0. The Balaban J connectivity index is 3.03. The van der Waals surface area contributed by atoms with E-state index in [2.05, 4.69) is 62.2 Å². The molecule has 0 amide bonds. The summed E-state index contributed by atoms with van der Waals surface area (Å²) in [6.07, 6.45) is 0.667. The smallest absolute Gasteiger partial charge is 0.149 e. The summed E-state index contributed by atoms with van der Waals surface area (Å²) in [5.74, 6) is 0.383. The highest BCUT2D eigenvalue weighted by Gasteiger charge is 2.48. The van der Waals surface area contributed by atoms with Gasteiger partial charge in [-0.1, -0.05) is 22.6 Å². The van der Waals surface area contributed by atoms with Crippen LogP contribution in [0, 0.1) is 0 Å². The number of ketones is 1. The lowest BCUT2D eigenvalue weighted by molar-refractivity contribution is -0.129. The monoisotopic (exact) mass is 295 g/mol. The summed E-state index contributed by atoms with van der Waals surface area (Å²) in [4.78, 5) is 14.1. The minimum absolute atomic E-state index is 0.00224. The third kappa shape index (κ3) is 1.77. The molecule has 13 heavy (non-hydrogen) atoms. The van der Waals surface area contributed by atoms with E-state index in [9.17, 15) is 4.79 Å². The van der Waals surface area contributed by atoms with Crippen LogP contribution in [0.2, 0.25) is 0 Å². The van der Waals surface area contributed by atoms with Crippen molar-refractivity contribution in [2.45, 2.75) is 49.1 Å². The second-order valence-corrected chi connectivity index (χ2v) is 6.28. The van der Waals surface area contributed by atoms with Crippen LogP contribution in [-0.2, 0) is 4.79 Å². The third-order valence-electron chi connectivity index (χ3n) is 3.28. The zero-order valence-corrected chi connectivity index (χ0v) is 11.2. The Labute approximate surface area is 94.2 Å². The molecule has 1 unspecified atom stereocenters. The molecule has 3 heteroatoms. The van der Waals surface area contributed by atoms with E-state index in [4.69, 9.17) is 0 Å². The molecule has 1 aliphatic rings. The highest BCUT2D eigenvalue weighted by Crippen LogP contribution is 2.38. The minimum atomic E-state index is -0.0284. The molecule has 76 valence electrons.